The first-order valence-corrected chi connectivity index (χ1v) is 3.73. The number of oxime groups is 1. The summed E-state index contributed by atoms with van der Waals surface area (Å²) in [6, 6.07) is 0. The molecule has 0 aliphatic carbocycles. The molecule has 0 aliphatic rings. The van der Waals surface area contributed by atoms with Gasteiger partial charge in [0, 0.05) is 5.41 Å². The highest BCUT2D eigenvalue weighted by molar-refractivity contribution is 5.86. The molecule has 0 radical (unpaired) electrons. The van der Waals surface area contributed by atoms with Gasteiger partial charge in [-0.05, 0) is 6.92 Å². The normalized spacial score (nSPS) is 12.8. The van der Waals surface area contributed by atoms with Crippen molar-refractivity contribution in [2.24, 2.45) is 10.6 Å². The summed E-state index contributed by atoms with van der Waals surface area (Å²) in [6.45, 7) is 7.37. The molecule has 0 aliphatic heterocycles. The lowest BCUT2D eigenvalue weighted by molar-refractivity contribution is -0.142. The molecule has 4 nitrogen and oxygen atoms in total. The van der Waals surface area contributed by atoms with E-state index in [-0.39, 0.29) is 12.0 Å². The Hall–Kier alpha value is -1.06. The van der Waals surface area contributed by atoms with E-state index in [1.165, 1.54) is 0 Å². The minimum absolute atomic E-state index is 0.0709. The van der Waals surface area contributed by atoms with E-state index in [1.807, 2.05) is 27.7 Å². The van der Waals surface area contributed by atoms with Gasteiger partial charge in [-0.15, -0.1) is 0 Å². The van der Waals surface area contributed by atoms with E-state index in [0.29, 0.717) is 0 Å². The first-order valence-electron chi connectivity index (χ1n) is 3.73. The third kappa shape index (κ3) is 4.71. The molecule has 0 amide bonds. The number of carboxylic acid groups (broad SMARTS) is 1. The van der Waals surface area contributed by atoms with Crippen LogP contribution in [0.1, 0.15) is 27.7 Å². The van der Waals surface area contributed by atoms with E-state index in [1.54, 1.807) is 0 Å². The lowest BCUT2D eigenvalue weighted by Crippen LogP contribution is -2.17. The van der Waals surface area contributed by atoms with Crippen LogP contribution in [-0.2, 0) is 9.63 Å². The van der Waals surface area contributed by atoms with Crippen LogP contribution in [0.25, 0.3) is 0 Å². The van der Waals surface area contributed by atoms with Crippen molar-refractivity contribution in [3.05, 3.63) is 0 Å². The second-order valence-electron chi connectivity index (χ2n) is 3.59. The standard InChI is InChI=1S/C8H15NO3/c1-6(8(2,3)4)9-12-5-7(10)11/h5H2,1-4H3,(H,10,11). The maximum Gasteiger partial charge on any atom is 0.344 e. The van der Waals surface area contributed by atoms with Gasteiger partial charge in [-0.25, -0.2) is 4.79 Å². The smallest absolute Gasteiger partial charge is 0.344 e. The van der Waals surface area contributed by atoms with Gasteiger partial charge in [0.25, 0.3) is 0 Å². The summed E-state index contributed by atoms with van der Waals surface area (Å²) >= 11 is 0. The van der Waals surface area contributed by atoms with Crippen molar-refractivity contribution in [1.29, 1.82) is 0 Å². The number of carboxylic acids is 1. The summed E-state index contributed by atoms with van der Waals surface area (Å²) in [7, 11) is 0. The number of hydrogen-bond acceptors (Lipinski definition) is 3. The Morgan fingerprint density at radius 2 is 2.00 bits per heavy atom. The maximum atomic E-state index is 10.0. The van der Waals surface area contributed by atoms with Gasteiger partial charge in [-0.3, -0.25) is 0 Å². The average molecular weight is 173 g/mol. The summed E-state index contributed by atoms with van der Waals surface area (Å²) in [5.74, 6) is -1.01. The Balaban J connectivity index is 3.94. The fraction of sp³-hybridized carbons (Fsp3) is 0.750. The van der Waals surface area contributed by atoms with E-state index in [2.05, 4.69) is 9.99 Å². The minimum atomic E-state index is -1.01. The molecule has 0 heterocycles. The third-order valence-corrected chi connectivity index (χ3v) is 1.47. The Morgan fingerprint density at radius 1 is 1.50 bits per heavy atom. The van der Waals surface area contributed by atoms with E-state index >= 15 is 0 Å². The van der Waals surface area contributed by atoms with Crippen molar-refractivity contribution in [1.82, 2.24) is 0 Å². The van der Waals surface area contributed by atoms with Crippen molar-refractivity contribution in [2.75, 3.05) is 6.61 Å². The fourth-order valence-corrected chi connectivity index (χ4v) is 0.321. The molecule has 70 valence electrons. The van der Waals surface area contributed by atoms with Crippen LogP contribution in [0.2, 0.25) is 0 Å². The highest BCUT2D eigenvalue weighted by atomic mass is 16.6. The van der Waals surface area contributed by atoms with Gasteiger partial charge >= 0.3 is 5.97 Å². The van der Waals surface area contributed by atoms with Crippen LogP contribution in [0.5, 0.6) is 0 Å². The molecule has 0 aromatic carbocycles. The number of hydrogen-bond donors (Lipinski definition) is 1. The molecule has 0 atom stereocenters. The van der Waals surface area contributed by atoms with Crippen LogP contribution in [0, 0.1) is 5.41 Å². The van der Waals surface area contributed by atoms with Gasteiger partial charge in [0.05, 0.1) is 5.71 Å². The Labute approximate surface area is 72.2 Å². The lowest BCUT2D eigenvalue weighted by atomic mass is 9.91. The van der Waals surface area contributed by atoms with Gasteiger partial charge in [0.1, 0.15) is 0 Å². The molecule has 0 aromatic rings. The van der Waals surface area contributed by atoms with Gasteiger partial charge in [0.2, 0.25) is 6.61 Å². The molecule has 4 heteroatoms. The second-order valence-corrected chi connectivity index (χ2v) is 3.59. The average Bonchev–Trinajstić information content (AvgIpc) is 1.84. The van der Waals surface area contributed by atoms with Crippen molar-refractivity contribution < 1.29 is 14.7 Å². The molecule has 0 fully saturated rings. The highest BCUT2D eigenvalue weighted by Crippen LogP contribution is 2.15. The second kappa shape index (κ2) is 4.09. The van der Waals surface area contributed by atoms with Gasteiger partial charge in [0.15, 0.2) is 0 Å². The molecule has 0 aromatic heterocycles. The van der Waals surface area contributed by atoms with Gasteiger partial charge in [-0.1, -0.05) is 25.9 Å². The topological polar surface area (TPSA) is 58.9 Å². The molecule has 12 heavy (non-hydrogen) atoms. The van der Waals surface area contributed by atoms with E-state index in [0.717, 1.165) is 5.71 Å². The Bertz CT molecular complexity index is 191. The summed E-state index contributed by atoms with van der Waals surface area (Å²) in [5, 5.41) is 11.9. The van der Waals surface area contributed by atoms with Crippen LogP contribution in [0.3, 0.4) is 0 Å². The van der Waals surface area contributed by atoms with E-state index in [4.69, 9.17) is 5.11 Å². The van der Waals surface area contributed by atoms with E-state index in [9.17, 15) is 4.79 Å². The SMILES string of the molecule is CC(=NOCC(=O)O)C(C)(C)C. The molecular formula is C8H15NO3. The number of carbonyl (C=O) groups is 1. The van der Waals surface area contributed by atoms with Crippen LogP contribution in [0.15, 0.2) is 5.16 Å². The van der Waals surface area contributed by atoms with Crippen molar-refractivity contribution in [3.63, 3.8) is 0 Å². The lowest BCUT2D eigenvalue weighted by Gasteiger charge is -2.16. The monoisotopic (exact) mass is 173 g/mol. The van der Waals surface area contributed by atoms with Crippen LogP contribution in [-0.4, -0.2) is 23.4 Å². The molecule has 0 rings (SSSR count). The van der Waals surface area contributed by atoms with Crippen LogP contribution < -0.4 is 0 Å². The summed E-state index contributed by atoms with van der Waals surface area (Å²) in [4.78, 5) is 14.6. The zero-order valence-electron chi connectivity index (χ0n) is 7.92. The van der Waals surface area contributed by atoms with Gasteiger partial charge < -0.3 is 9.94 Å². The van der Waals surface area contributed by atoms with Crippen molar-refractivity contribution in [2.45, 2.75) is 27.7 Å². The molecule has 0 saturated carbocycles. The molecule has 0 saturated heterocycles. The summed E-state index contributed by atoms with van der Waals surface area (Å²) < 4.78 is 0. The summed E-state index contributed by atoms with van der Waals surface area (Å²) in [5.41, 5.74) is 0.710. The first-order chi connectivity index (χ1) is 5.34. The molecule has 0 unspecified atom stereocenters. The van der Waals surface area contributed by atoms with Gasteiger partial charge in [-0.2, -0.15) is 0 Å². The predicted octanol–water partition coefficient (Wildman–Crippen LogP) is 1.51. The predicted molar refractivity (Wildman–Crippen MR) is 46.2 cm³/mol. The Morgan fingerprint density at radius 3 is 2.33 bits per heavy atom. The largest absolute Gasteiger partial charge is 0.479 e. The number of rotatable bonds is 3. The number of nitrogens with zero attached hydrogens (tertiary/aromatic N) is 1. The summed E-state index contributed by atoms with van der Waals surface area (Å²) in [6.07, 6.45) is 0. The molecular weight excluding hydrogens is 158 g/mol. The van der Waals surface area contributed by atoms with Crippen molar-refractivity contribution in [3.8, 4) is 0 Å². The highest BCUT2D eigenvalue weighted by Gasteiger charge is 2.14. The van der Waals surface area contributed by atoms with Crippen molar-refractivity contribution >= 4 is 11.7 Å². The van der Waals surface area contributed by atoms with Crippen LogP contribution >= 0.6 is 0 Å². The fourth-order valence-electron chi connectivity index (χ4n) is 0.321. The zero-order chi connectivity index (χ0) is 9.78. The van der Waals surface area contributed by atoms with Crippen LogP contribution in [0.4, 0.5) is 0 Å². The zero-order valence-corrected chi connectivity index (χ0v) is 7.92. The quantitative estimate of drug-likeness (QED) is 0.519. The molecule has 1 N–H and O–H groups in total. The minimum Gasteiger partial charge on any atom is -0.479 e. The van der Waals surface area contributed by atoms with E-state index < -0.39 is 5.97 Å². The molecule has 0 spiro atoms. The molecule has 0 bridgehead atoms. The maximum absolute atomic E-state index is 10.0. The third-order valence-electron chi connectivity index (χ3n) is 1.47. The number of aliphatic carboxylic acids is 1. The first kappa shape index (κ1) is 10.9. The Kier molecular flexibility index (Phi) is 3.73.